The van der Waals surface area contributed by atoms with Crippen LogP contribution >= 0.6 is 76.6 Å². The number of nitrogens with one attached hydrogen (secondary N) is 3. The summed E-state index contributed by atoms with van der Waals surface area (Å²) in [6.45, 7) is 3.23. The minimum atomic E-state index is -5.11. The molecule has 0 aliphatic carbocycles. The molecule has 92 heavy (non-hydrogen) atoms. The molecule has 6 aromatic heterocycles. The Balaban J connectivity index is 0.965. The highest BCUT2D eigenvalue weighted by Crippen LogP contribution is 2.51. The quantitative estimate of drug-likeness (QED) is 0.0291. The predicted octanol–water partition coefficient (Wildman–Crippen LogP) is 2.06. The first-order chi connectivity index (χ1) is 44.2. The van der Waals surface area contributed by atoms with E-state index in [0.717, 1.165) is 47.7 Å². The lowest BCUT2D eigenvalue weighted by Crippen LogP contribution is -2.55. The van der Waals surface area contributed by atoms with Crippen LogP contribution in [0.1, 0.15) is 122 Å². The third-order valence-electron chi connectivity index (χ3n) is 15.6. The van der Waals surface area contributed by atoms with E-state index in [0.29, 0.717) is 54.3 Å². The van der Waals surface area contributed by atoms with Crippen LogP contribution in [0.5, 0.6) is 0 Å². The van der Waals surface area contributed by atoms with Crippen molar-refractivity contribution in [1.82, 2.24) is 75.2 Å². The van der Waals surface area contributed by atoms with Crippen LogP contribution in [-0.2, 0) is 71.8 Å². The summed E-state index contributed by atoms with van der Waals surface area (Å²) in [6.07, 6.45) is -3.57. The lowest BCUT2D eigenvalue weighted by Gasteiger charge is -2.37. The molecule has 3 amide bonds. The third kappa shape index (κ3) is 16.0. The molecule has 0 bridgehead atoms. The van der Waals surface area contributed by atoms with Crippen molar-refractivity contribution in [3.05, 3.63) is 65.0 Å². The van der Waals surface area contributed by atoms with E-state index in [1.807, 2.05) is 14.7 Å². The average molecular weight is 1430 g/mol. The van der Waals surface area contributed by atoms with Gasteiger partial charge in [0.1, 0.15) is 69.0 Å². The van der Waals surface area contributed by atoms with Crippen LogP contribution < -0.4 is 30.7 Å². The molecule has 34 nitrogen and oxygen atoms in total. The fourth-order valence-corrected chi connectivity index (χ4v) is 14.9. The number of aliphatic hydroxyl groups excluding tert-OH is 6. The van der Waals surface area contributed by atoms with Crippen molar-refractivity contribution in [1.29, 1.82) is 0 Å². The van der Waals surface area contributed by atoms with E-state index >= 15 is 4.57 Å². The van der Waals surface area contributed by atoms with Crippen LogP contribution in [0.25, 0.3) is 0 Å². The molecular formula is C51H72Cl3N18O16PS3. The Morgan fingerprint density at radius 3 is 1.02 bits per heavy atom. The number of methoxy groups -OCH3 is 3. The van der Waals surface area contributed by atoms with Gasteiger partial charge in [0.15, 0.2) is 0 Å². The number of hydrogen-bond donors (Lipinski definition) is 9. The van der Waals surface area contributed by atoms with Crippen LogP contribution in [-0.4, -0.2) is 224 Å². The Hall–Kier alpha value is -5.26. The number of amides is 3. The SMILES string of the molecule is CCc1nc(C(=O)N[C@@H]2CCN(c3nnc([C@@H](O)CO)s3)C[C@@H]2OC)n(COP(=O)(OCn2c(C(=O)N[C@@H]3CCN(c4nnc([C@@H](O)CO)s4)C[C@@H]3OC)nc(CC)c2Cl)OCn2c(C(=O)N[C@@H]3CCN(c4nnc([C@@H](O)CO)s4)C[C@@H]3OC)nc(CC)c2Cl)c1Cl. The maximum absolute atomic E-state index is 15.6. The van der Waals surface area contributed by atoms with E-state index in [9.17, 15) is 45.0 Å². The first kappa shape index (κ1) is 71.0. The van der Waals surface area contributed by atoms with Gasteiger partial charge in [-0.05, 0) is 38.5 Å². The van der Waals surface area contributed by atoms with Gasteiger partial charge in [-0.2, -0.15) is 0 Å². The zero-order chi connectivity index (χ0) is 66.1. The Labute approximate surface area is 553 Å². The number of halogens is 3. The Morgan fingerprint density at radius 1 is 0.511 bits per heavy atom. The standard InChI is InChI=1S/C51H72Cl3N18O16PS3/c1-7-25-37(52)70(40(55-25)43(79)58-28-10-13-67(16-34(28)83-4)49-64-61-46(90-49)31(76)19-73)22-86-89(82,87-23-71-38(53)26(8-2)56-41(71)44(80)59-29-11-14-68(17-35(29)84-5)50-65-62-47(91-50)32(77)20-74)88-24-72-39(54)27(9-3)57-42(72)45(81)60-30-12-15-69(18-36(30)85-6)51-66-63-48(92-51)33(78)21-75/h28-36,73-78H,7-24H2,1-6H3,(H,58,79)(H,59,80)(H,60,81)/t28-,29-,30-,31+,32+,33+,34+,35+,36+/m1/s1. The highest BCUT2D eigenvalue weighted by atomic mass is 35.5. The van der Waals surface area contributed by atoms with Gasteiger partial charge in [-0.25, -0.2) is 19.5 Å². The van der Waals surface area contributed by atoms with Crippen molar-refractivity contribution in [2.75, 3.05) is 95.1 Å². The number of ether oxygens (including phenoxy) is 3. The smallest absolute Gasteiger partial charge is 0.393 e. The van der Waals surface area contributed by atoms with Gasteiger partial charge in [-0.3, -0.25) is 41.7 Å². The van der Waals surface area contributed by atoms with Gasteiger partial charge >= 0.3 is 7.82 Å². The second kappa shape index (κ2) is 32.0. The first-order valence-corrected chi connectivity index (χ1v) is 34.2. The van der Waals surface area contributed by atoms with Gasteiger partial charge in [0.2, 0.25) is 32.9 Å². The number of carbonyl (C=O) groups is 3. The topological polar surface area (TPSA) is 422 Å². The van der Waals surface area contributed by atoms with Gasteiger partial charge in [-0.15, -0.1) is 30.6 Å². The summed E-state index contributed by atoms with van der Waals surface area (Å²) in [5.74, 6) is -2.88. The summed E-state index contributed by atoms with van der Waals surface area (Å²) in [7, 11) is -0.652. The predicted molar refractivity (Wildman–Crippen MR) is 333 cm³/mol. The van der Waals surface area contributed by atoms with Gasteiger partial charge in [0.05, 0.1) is 73.3 Å². The number of piperidine rings is 3. The lowest BCUT2D eigenvalue weighted by molar-refractivity contribution is 0.0456. The maximum atomic E-state index is 15.6. The number of rotatable bonds is 30. The summed E-state index contributed by atoms with van der Waals surface area (Å²) in [5.41, 5.74) is 0.821. The molecule has 0 radical (unpaired) electrons. The second-order valence-electron chi connectivity index (χ2n) is 21.2. The Morgan fingerprint density at radius 2 is 0.783 bits per heavy atom. The molecule has 9 heterocycles. The normalized spacial score (nSPS) is 20.8. The minimum Gasteiger partial charge on any atom is -0.393 e. The molecular weight excluding hydrogens is 1350 g/mol. The molecule has 3 aliphatic rings. The number of nitrogens with zero attached hydrogens (tertiary/aromatic N) is 15. The number of carbonyl (C=O) groups excluding carboxylic acids is 3. The number of hydrogen-bond acceptors (Lipinski definition) is 31. The molecule has 0 unspecified atom stereocenters. The Kier molecular flexibility index (Phi) is 24.7. The third-order valence-corrected chi connectivity index (χ3v) is 21.4. The molecule has 0 spiro atoms. The van der Waals surface area contributed by atoms with Crippen LogP contribution in [0, 0.1) is 0 Å². The molecule has 6 aromatic rings. The van der Waals surface area contributed by atoms with Crippen molar-refractivity contribution in [2.45, 2.75) is 134 Å². The summed E-state index contributed by atoms with van der Waals surface area (Å²) in [4.78, 5) is 62.6. The van der Waals surface area contributed by atoms with Crippen LogP contribution in [0.15, 0.2) is 0 Å². The fraction of sp³-hybridized carbons (Fsp3) is 0.647. The van der Waals surface area contributed by atoms with Gasteiger partial charge in [-0.1, -0.05) is 89.6 Å². The molecule has 0 aromatic carbocycles. The van der Waals surface area contributed by atoms with Crippen molar-refractivity contribution in [2.24, 2.45) is 0 Å². The van der Waals surface area contributed by atoms with Crippen molar-refractivity contribution >= 4 is 110 Å². The minimum absolute atomic E-state index is 0.0598. The molecule has 9 N–H and O–H groups in total. The molecule has 3 saturated heterocycles. The van der Waals surface area contributed by atoms with E-state index in [1.165, 1.54) is 21.3 Å². The molecule has 41 heteroatoms. The molecule has 9 atom stereocenters. The maximum Gasteiger partial charge on any atom is 0.480 e. The number of aryl methyl sites for hydroxylation is 3. The van der Waals surface area contributed by atoms with Crippen LogP contribution in [0.3, 0.4) is 0 Å². The zero-order valence-electron chi connectivity index (χ0n) is 50.7. The number of phosphoric ester groups is 1. The molecule has 3 aliphatic heterocycles. The lowest BCUT2D eigenvalue weighted by atomic mass is 10.0. The summed E-state index contributed by atoms with van der Waals surface area (Å²) in [6, 6.07) is -1.75. The molecule has 9 rings (SSSR count). The summed E-state index contributed by atoms with van der Waals surface area (Å²) >= 11 is 24.2. The highest BCUT2D eigenvalue weighted by molar-refractivity contribution is 7.48. The van der Waals surface area contributed by atoms with Crippen LogP contribution in [0.4, 0.5) is 15.4 Å². The van der Waals surface area contributed by atoms with E-state index in [1.54, 1.807) is 20.8 Å². The van der Waals surface area contributed by atoms with Gasteiger partial charge in [0, 0.05) is 60.6 Å². The van der Waals surface area contributed by atoms with Gasteiger partial charge < -0.3 is 75.5 Å². The first-order valence-electron chi connectivity index (χ1n) is 29.1. The van der Waals surface area contributed by atoms with Gasteiger partial charge in [0.25, 0.3) is 17.7 Å². The zero-order valence-corrected chi connectivity index (χ0v) is 56.3. The fourth-order valence-electron chi connectivity index (χ4n) is 10.4. The second-order valence-corrected chi connectivity index (χ2v) is 26.9. The average Bonchev–Trinajstić information content (AvgIpc) is 1.66. The summed E-state index contributed by atoms with van der Waals surface area (Å²) in [5, 5.41) is 94.2. The highest BCUT2D eigenvalue weighted by Gasteiger charge is 2.40. The van der Waals surface area contributed by atoms with E-state index in [4.69, 9.17) is 62.6 Å². The molecule has 3 fully saturated rings. The number of anilines is 3. The van der Waals surface area contributed by atoms with E-state index in [2.05, 4.69) is 61.5 Å². The number of imidazole rings is 3. The largest absolute Gasteiger partial charge is 0.480 e. The van der Waals surface area contributed by atoms with Crippen molar-refractivity contribution < 1.29 is 77.4 Å². The van der Waals surface area contributed by atoms with E-state index < -0.39 is 120 Å². The van der Waals surface area contributed by atoms with Crippen molar-refractivity contribution in [3.63, 3.8) is 0 Å². The number of phosphoric acid groups is 1. The molecule has 0 saturated carbocycles. The Bertz CT molecular complexity index is 3190. The van der Waals surface area contributed by atoms with Crippen molar-refractivity contribution in [3.8, 4) is 0 Å². The van der Waals surface area contributed by atoms with E-state index in [-0.39, 0.29) is 104 Å². The molecule has 506 valence electrons. The number of aliphatic hydroxyl groups is 6. The van der Waals surface area contributed by atoms with Crippen LogP contribution in [0.2, 0.25) is 15.5 Å². The number of aromatic nitrogens is 12. The monoisotopic (exact) mass is 1420 g/mol. The summed E-state index contributed by atoms with van der Waals surface area (Å²) < 4.78 is 54.9.